The predicted molar refractivity (Wildman–Crippen MR) is 101 cm³/mol. The summed E-state index contributed by atoms with van der Waals surface area (Å²) in [5.41, 5.74) is 0.899. The molecule has 0 amide bonds. The zero-order chi connectivity index (χ0) is 18.4. The minimum absolute atomic E-state index is 0.265. The zero-order valence-corrected chi connectivity index (χ0v) is 15.2. The van der Waals surface area contributed by atoms with E-state index >= 15 is 0 Å². The molecule has 0 radical (unpaired) electrons. The topological polar surface area (TPSA) is 75.1 Å². The first-order valence-electron chi connectivity index (χ1n) is 8.77. The van der Waals surface area contributed by atoms with Gasteiger partial charge >= 0.3 is 0 Å². The lowest BCUT2D eigenvalue weighted by Gasteiger charge is -2.25. The Morgan fingerprint density at radius 1 is 1.12 bits per heavy atom. The van der Waals surface area contributed by atoms with Crippen LogP contribution >= 0.6 is 0 Å². The van der Waals surface area contributed by atoms with E-state index in [1.54, 1.807) is 6.92 Å². The maximum atomic E-state index is 10.7. The smallest absolute Gasteiger partial charge is 0.231 e. The maximum Gasteiger partial charge on any atom is 0.231 e. The van der Waals surface area contributed by atoms with E-state index in [1.165, 1.54) is 0 Å². The molecule has 6 nitrogen and oxygen atoms in total. The monoisotopic (exact) mass is 355 g/mol. The van der Waals surface area contributed by atoms with Gasteiger partial charge in [0.15, 0.2) is 17.5 Å². The Morgan fingerprint density at radius 2 is 1.88 bits per heavy atom. The standard InChI is InChI=1S/C20H25N3O3/c1-3-21-19(23-13-20(2,24)16-7-5-4-6-8-16)22-12-15-9-10-17-18(11-15)26-14-25-17/h4-11,24H,3,12-14H2,1-2H3,(H2,21,22,23). The summed E-state index contributed by atoms with van der Waals surface area (Å²) < 4.78 is 10.7. The molecule has 0 fully saturated rings. The Kier molecular flexibility index (Phi) is 5.63. The van der Waals surface area contributed by atoms with Crippen LogP contribution in [0.5, 0.6) is 11.5 Å². The van der Waals surface area contributed by atoms with Gasteiger partial charge in [0.25, 0.3) is 0 Å². The first-order chi connectivity index (χ1) is 12.6. The van der Waals surface area contributed by atoms with E-state index in [1.807, 2.05) is 55.5 Å². The summed E-state index contributed by atoms with van der Waals surface area (Å²) in [7, 11) is 0. The van der Waals surface area contributed by atoms with Crippen LogP contribution in [0.1, 0.15) is 25.0 Å². The van der Waals surface area contributed by atoms with Gasteiger partial charge in [0, 0.05) is 6.54 Å². The van der Waals surface area contributed by atoms with Crippen LogP contribution in [0.3, 0.4) is 0 Å². The number of nitrogens with one attached hydrogen (secondary N) is 2. The van der Waals surface area contributed by atoms with Crippen molar-refractivity contribution in [3.63, 3.8) is 0 Å². The predicted octanol–water partition coefficient (Wildman–Crippen LogP) is 2.38. The molecule has 3 rings (SSSR count). The van der Waals surface area contributed by atoms with Crippen LogP contribution in [-0.4, -0.2) is 30.9 Å². The van der Waals surface area contributed by atoms with E-state index in [4.69, 9.17) is 9.47 Å². The van der Waals surface area contributed by atoms with E-state index in [0.29, 0.717) is 19.0 Å². The Balaban J connectivity index is 1.64. The number of ether oxygens (including phenoxy) is 2. The highest BCUT2D eigenvalue weighted by Crippen LogP contribution is 2.32. The number of benzene rings is 2. The van der Waals surface area contributed by atoms with Gasteiger partial charge in [-0.1, -0.05) is 36.4 Å². The number of hydrogen-bond acceptors (Lipinski definition) is 4. The number of aliphatic imine (C=N–C) groups is 1. The molecule has 1 atom stereocenters. The van der Waals surface area contributed by atoms with E-state index in [9.17, 15) is 5.11 Å². The molecule has 1 unspecified atom stereocenters. The second-order valence-electron chi connectivity index (χ2n) is 6.38. The highest BCUT2D eigenvalue weighted by molar-refractivity contribution is 5.79. The lowest BCUT2D eigenvalue weighted by Crippen LogP contribution is -2.44. The van der Waals surface area contributed by atoms with Crippen molar-refractivity contribution in [1.29, 1.82) is 0 Å². The molecule has 2 aromatic rings. The molecule has 1 heterocycles. The fourth-order valence-corrected chi connectivity index (χ4v) is 2.71. The Bertz CT molecular complexity index is 760. The van der Waals surface area contributed by atoms with E-state index in [2.05, 4.69) is 15.6 Å². The second kappa shape index (κ2) is 8.10. The van der Waals surface area contributed by atoms with Crippen LogP contribution in [0.2, 0.25) is 0 Å². The number of fused-ring (bicyclic) bond motifs is 1. The average Bonchev–Trinajstić information content (AvgIpc) is 3.12. The minimum atomic E-state index is -0.990. The van der Waals surface area contributed by atoms with Gasteiger partial charge in [-0.15, -0.1) is 0 Å². The summed E-state index contributed by atoms with van der Waals surface area (Å²) in [5, 5.41) is 17.1. The van der Waals surface area contributed by atoms with Gasteiger partial charge in [-0.25, -0.2) is 4.99 Å². The molecule has 26 heavy (non-hydrogen) atoms. The van der Waals surface area contributed by atoms with Gasteiger partial charge in [-0.2, -0.15) is 0 Å². The summed E-state index contributed by atoms with van der Waals surface area (Å²) >= 11 is 0. The fourth-order valence-electron chi connectivity index (χ4n) is 2.71. The van der Waals surface area contributed by atoms with Crippen molar-refractivity contribution < 1.29 is 14.6 Å². The van der Waals surface area contributed by atoms with Crippen LogP contribution in [0.25, 0.3) is 0 Å². The van der Waals surface area contributed by atoms with Gasteiger partial charge in [-0.3, -0.25) is 0 Å². The molecule has 3 N–H and O–H groups in total. The van der Waals surface area contributed by atoms with Gasteiger partial charge < -0.3 is 25.2 Å². The summed E-state index contributed by atoms with van der Waals surface area (Å²) in [4.78, 5) is 4.59. The molecule has 6 heteroatoms. The Hall–Kier alpha value is -2.73. The average molecular weight is 355 g/mol. The molecular weight excluding hydrogens is 330 g/mol. The number of hydrogen-bond donors (Lipinski definition) is 3. The molecule has 0 saturated carbocycles. The summed E-state index contributed by atoms with van der Waals surface area (Å²) in [6.07, 6.45) is 0. The SMILES string of the molecule is CCNC(=NCc1ccc2c(c1)OCO2)NCC(C)(O)c1ccccc1. The molecule has 0 bridgehead atoms. The summed E-state index contributed by atoms with van der Waals surface area (Å²) in [5.74, 6) is 2.17. The molecule has 0 saturated heterocycles. The van der Waals surface area contributed by atoms with Gasteiger partial charge in [0.1, 0.15) is 5.60 Å². The van der Waals surface area contributed by atoms with Crippen LogP contribution in [0.4, 0.5) is 0 Å². The van der Waals surface area contributed by atoms with Gasteiger partial charge in [-0.05, 0) is 37.1 Å². The summed E-state index contributed by atoms with van der Waals surface area (Å²) in [6, 6.07) is 15.4. The molecule has 0 spiro atoms. The van der Waals surface area contributed by atoms with Crippen molar-refractivity contribution in [1.82, 2.24) is 10.6 Å². The van der Waals surface area contributed by atoms with Crippen LogP contribution < -0.4 is 20.1 Å². The van der Waals surface area contributed by atoms with E-state index in [0.717, 1.165) is 29.2 Å². The van der Waals surface area contributed by atoms with Crippen LogP contribution in [0, 0.1) is 0 Å². The fraction of sp³-hybridized carbons (Fsp3) is 0.350. The van der Waals surface area contributed by atoms with Gasteiger partial charge in [0.2, 0.25) is 6.79 Å². The summed E-state index contributed by atoms with van der Waals surface area (Å²) in [6.45, 7) is 5.65. The molecule has 1 aliphatic rings. The lowest BCUT2D eigenvalue weighted by atomic mass is 9.96. The van der Waals surface area contributed by atoms with Crippen molar-refractivity contribution >= 4 is 5.96 Å². The maximum absolute atomic E-state index is 10.7. The van der Waals surface area contributed by atoms with E-state index in [-0.39, 0.29) is 6.79 Å². The van der Waals surface area contributed by atoms with E-state index < -0.39 is 5.60 Å². The molecule has 2 aromatic carbocycles. The van der Waals surface area contributed by atoms with Crippen LogP contribution in [0.15, 0.2) is 53.5 Å². The highest BCUT2D eigenvalue weighted by atomic mass is 16.7. The van der Waals surface area contributed by atoms with Crippen LogP contribution in [-0.2, 0) is 12.1 Å². The zero-order valence-electron chi connectivity index (χ0n) is 15.2. The van der Waals surface area contributed by atoms with Gasteiger partial charge in [0.05, 0.1) is 13.1 Å². The third-order valence-corrected chi connectivity index (χ3v) is 4.20. The van der Waals surface area contributed by atoms with Crippen molar-refractivity contribution in [3.05, 3.63) is 59.7 Å². The molecule has 1 aliphatic heterocycles. The van der Waals surface area contributed by atoms with Crippen molar-refractivity contribution in [2.75, 3.05) is 19.9 Å². The molecule has 0 aromatic heterocycles. The number of nitrogens with zero attached hydrogens (tertiary/aromatic N) is 1. The first-order valence-corrected chi connectivity index (χ1v) is 8.77. The number of aliphatic hydroxyl groups is 1. The second-order valence-corrected chi connectivity index (χ2v) is 6.38. The largest absolute Gasteiger partial charge is 0.454 e. The number of guanidine groups is 1. The normalized spacial score (nSPS) is 15.4. The quantitative estimate of drug-likeness (QED) is 0.548. The number of rotatable bonds is 6. The van der Waals surface area contributed by atoms with Crippen molar-refractivity contribution in [2.24, 2.45) is 4.99 Å². The lowest BCUT2D eigenvalue weighted by molar-refractivity contribution is 0.0617. The third kappa shape index (κ3) is 4.46. The molecular formula is C20H25N3O3. The minimum Gasteiger partial charge on any atom is -0.454 e. The molecule has 0 aliphatic carbocycles. The Morgan fingerprint density at radius 3 is 2.65 bits per heavy atom. The highest BCUT2D eigenvalue weighted by Gasteiger charge is 2.23. The third-order valence-electron chi connectivity index (χ3n) is 4.20. The Labute approximate surface area is 153 Å². The van der Waals surface area contributed by atoms with Crippen molar-refractivity contribution in [3.8, 4) is 11.5 Å². The first kappa shape index (κ1) is 18.1. The van der Waals surface area contributed by atoms with Crippen molar-refractivity contribution in [2.45, 2.75) is 26.0 Å². The molecule has 138 valence electrons.